The molecular weight excluding hydrogens is 211 g/mol. The number of rotatable bonds is 3. The zero-order valence-electron chi connectivity index (χ0n) is 7.71. The van der Waals surface area contributed by atoms with E-state index < -0.39 is 17.5 Å². The highest BCUT2D eigenvalue weighted by Gasteiger charge is 2.33. The van der Waals surface area contributed by atoms with Crippen molar-refractivity contribution in [3.63, 3.8) is 0 Å². The predicted molar refractivity (Wildman–Crippen MR) is 47.0 cm³/mol. The van der Waals surface area contributed by atoms with Gasteiger partial charge in [0, 0.05) is 0 Å². The maximum absolute atomic E-state index is 12.3. The highest BCUT2D eigenvalue weighted by molar-refractivity contribution is 5.38. The van der Waals surface area contributed by atoms with Crippen LogP contribution in [-0.2, 0) is 17.4 Å². The van der Waals surface area contributed by atoms with Gasteiger partial charge < -0.3 is 9.94 Å². The van der Waals surface area contributed by atoms with Crippen molar-refractivity contribution in [2.75, 3.05) is 6.61 Å². The van der Waals surface area contributed by atoms with Crippen molar-refractivity contribution in [3.05, 3.63) is 29.3 Å². The average Bonchev–Trinajstić information content (AvgIpc) is 2.15. The Balaban J connectivity index is 2.95. The molecule has 3 nitrogen and oxygen atoms in total. The van der Waals surface area contributed by atoms with E-state index in [1.165, 1.54) is 6.07 Å². The van der Waals surface area contributed by atoms with Crippen molar-refractivity contribution in [3.8, 4) is 5.75 Å². The van der Waals surface area contributed by atoms with Crippen LogP contribution in [0.2, 0.25) is 0 Å². The van der Waals surface area contributed by atoms with Crippen LogP contribution in [0.15, 0.2) is 18.2 Å². The second-order valence-corrected chi connectivity index (χ2v) is 2.97. The van der Waals surface area contributed by atoms with Gasteiger partial charge in [0.05, 0.1) is 12.2 Å². The molecule has 0 amide bonds. The molecule has 15 heavy (non-hydrogen) atoms. The van der Waals surface area contributed by atoms with Gasteiger partial charge in [-0.3, -0.25) is 0 Å². The van der Waals surface area contributed by atoms with E-state index in [1.54, 1.807) is 0 Å². The van der Waals surface area contributed by atoms with Gasteiger partial charge in [0.1, 0.15) is 5.75 Å². The van der Waals surface area contributed by atoms with Crippen molar-refractivity contribution in [2.45, 2.75) is 12.6 Å². The molecule has 1 rings (SSSR count). The highest BCUT2D eigenvalue weighted by atomic mass is 19.4. The van der Waals surface area contributed by atoms with Crippen LogP contribution in [0.25, 0.3) is 0 Å². The fourth-order valence-electron chi connectivity index (χ4n) is 1.14. The monoisotopic (exact) mass is 221 g/mol. The zero-order chi connectivity index (χ0) is 11.5. The van der Waals surface area contributed by atoms with Crippen LogP contribution in [-0.4, -0.2) is 11.7 Å². The summed E-state index contributed by atoms with van der Waals surface area (Å²) in [6.07, 6.45) is -4.29. The topological polar surface area (TPSA) is 55.5 Å². The lowest BCUT2D eigenvalue weighted by molar-refractivity contribution is -0.138. The summed E-state index contributed by atoms with van der Waals surface area (Å²) in [6, 6.07) is 3.28. The summed E-state index contributed by atoms with van der Waals surface area (Å²) in [5, 5.41) is 9.02. The van der Waals surface area contributed by atoms with Gasteiger partial charge in [0.15, 0.2) is 0 Å². The Morgan fingerprint density at radius 3 is 2.53 bits per heavy atom. The second-order valence-electron chi connectivity index (χ2n) is 2.97. The van der Waals surface area contributed by atoms with Crippen molar-refractivity contribution in [1.82, 2.24) is 0 Å². The minimum absolute atomic E-state index is 0.127. The number of aromatic hydroxyl groups is 1. The van der Waals surface area contributed by atoms with Gasteiger partial charge >= 0.3 is 6.18 Å². The van der Waals surface area contributed by atoms with Gasteiger partial charge in [0.25, 0.3) is 0 Å². The van der Waals surface area contributed by atoms with E-state index in [2.05, 4.69) is 4.84 Å². The van der Waals surface area contributed by atoms with E-state index in [9.17, 15) is 13.2 Å². The first-order chi connectivity index (χ1) is 6.95. The molecule has 84 valence electrons. The van der Waals surface area contributed by atoms with Crippen LogP contribution in [0, 0.1) is 0 Å². The van der Waals surface area contributed by atoms with E-state index >= 15 is 0 Å². The number of hydrogen-bond donors (Lipinski definition) is 2. The number of halogens is 3. The van der Waals surface area contributed by atoms with Crippen molar-refractivity contribution >= 4 is 0 Å². The Morgan fingerprint density at radius 2 is 2.00 bits per heavy atom. The molecule has 6 heteroatoms. The molecule has 0 fully saturated rings. The molecule has 0 saturated heterocycles. The number of alkyl halides is 3. The summed E-state index contributed by atoms with van der Waals surface area (Å²) >= 11 is 0. The fourth-order valence-corrected chi connectivity index (χ4v) is 1.14. The molecule has 1 aromatic carbocycles. The third-order valence-corrected chi connectivity index (χ3v) is 1.87. The number of phenols is 1. The summed E-state index contributed by atoms with van der Waals surface area (Å²) in [4.78, 5) is 4.26. The Hall–Kier alpha value is -1.27. The first kappa shape index (κ1) is 11.8. The normalized spacial score (nSPS) is 11.7. The number of hydrogen-bond acceptors (Lipinski definition) is 3. The van der Waals surface area contributed by atoms with E-state index in [4.69, 9.17) is 11.0 Å². The van der Waals surface area contributed by atoms with E-state index in [0.29, 0.717) is 5.56 Å². The van der Waals surface area contributed by atoms with Gasteiger partial charge in [-0.05, 0) is 24.1 Å². The van der Waals surface area contributed by atoms with Crippen LogP contribution in [0.4, 0.5) is 13.2 Å². The smallest absolute Gasteiger partial charge is 0.419 e. The third-order valence-electron chi connectivity index (χ3n) is 1.87. The van der Waals surface area contributed by atoms with E-state index in [-0.39, 0.29) is 13.0 Å². The zero-order valence-corrected chi connectivity index (χ0v) is 7.71. The molecule has 0 radical (unpaired) electrons. The number of nitrogens with two attached hydrogens (primary N) is 1. The summed E-state index contributed by atoms with van der Waals surface area (Å²) in [6.45, 7) is 0.127. The van der Waals surface area contributed by atoms with Crippen molar-refractivity contribution in [2.24, 2.45) is 5.90 Å². The molecule has 0 aromatic heterocycles. The van der Waals surface area contributed by atoms with Gasteiger partial charge in [0.2, 0.25) is 0 Å². The average molecular weight is 221 g/mol. The predicted octanol–water partition coefficient (Wildman–Crippen LogP) is 1.84. The molecule has 3 N–H and O–H groups in total. The SMILES string of the molecule is NOCCc1ccc(O)c(C(F)(F)F)c1. The lowest BCUT2D eigenvalue weighted by Crippen LogP contribution is -2.08. The van der Waals surface area contributed by atoms with Gasteiger partial charge in [-0.15, -0.1) is 0 Å². The maximum Gasteiger partial charge on any atom is 0.419 e. The molecule has 0 unspecified atom stereocenters. The Kier molecular flexibility index (Phi) is 3.54. The first-order valence-electron chi connectivity index (χ1n) is 4.16. The lowest BCUT2D eigenvalue weighted by atomic mass is 10.1. The van der Waals surface area contributed by atoms with E-state index in [0.717, 1.165) is 12.1 Å². The molecule has 0 heterocycles. The molecule has 0 aliphatic rings. The van der Waals surface area contributed by atoms with Gasteiger partial charge in [-0.25, -0.2) is 5.90 Å². The van der Waals surface area contributed by atoms with Crippen LogP contribution >= 0.6 is 0 Å². The summed E-state index contributed by atoms with van der Waals surface area (Å²) in [7, 11) is 0. The van der Waals surface area contributed by atoms with Gasteiger partial charge in [-0.1, -0.05) is 6.07 Å². The summed E-state index contributed by atoms with van der Waals surface area (Å²) < 4.78 is 37.0. The quantitative estimate of drug-likeness (QED) is 0.766. The van der Waals surface area contributed by atoms with Crippen molar-refractivity contribution in [1.29, 1.82) is 0 Å². The maximum atomic E-state index is 12.3. The Labute approximate surface area is 84.2 Å². The lowest BCUT2D eigenvalue weighted by Gasteiger charge is -2.10. The van der Waals surface area contributed by atoms with Crippen molar-refractivity contribution < 1.29 is 23.1 Å². The van der Waals surface area contributed by atoms with E-state index in [1.807, 2.05) is 0 Å². The third kappa shape index (κ3) is 3.10. The Bertz CT molecular complexity index is 339. The second kappa shape index (κ2) is 4.50. The number of phenolic OH excluding ortho intramolecular Hbond substituents is 1. The molecule has 0 aliphatic heterocycles. The minimum Gasteiger partial charge on any atom is -0.507 e. The van der Waals surface area contributed by atoms with Crippen LogP contribution in [0.3, 0.4) is 0 Å². The molecule has 0 spiro atoms. The molecule has 0 aliphatic carbocycles. The molecular formula is C9H10F3NO2. The fraction of sp³-hybridized carbons (Fsp3) is 0.333. The standard InChI is InChI=1S/C9H10F3NO2/c10-9(11,12)7-5-6(3-4-15-13)1-2-8(7)14/h1-2,5,14H,3-4,13H2. The molecule has 0 bridgehead atoms. The first-order valence-corrected chi connectivity index (χ1v) is 4.16. The van der Waals surface area contributed by atoms with Crippen LogP contribution < -0.4 is 5.90 Å². The largest absolute Gasteiger partial charge is 0.507 e. The Morgan fingerprint density at radius 1 is 1.33 bits per heavy atom. The van der Waals surface area contributed by atoms with Crippen LogP contribution in [0.5, 0.6) is 5.75 Å². The molecule has 0 atom stereocenters. The number of benzene rings is 1. The van der Waals surface area contributed by atoms with Crippen LogP contribution in [0.1, 0.15) is 11.1 Å². The highest BCUT2D eigenvalue weighted by Crippen LogP contribution is 2.36. The molecule has 0 saturated carbocycles. The summed E-state index contributed by atoms with van der Waals surface area (Å²) in [5.41, 5.74) is -0.636. The molecule has 1 aromatic rings. The minimum atomic E-state index is -4.55. The van der Waals surface area contributed by atoms with Gasteiger partial charge in [-0.2, -0.15) is 13.2 Å². The summed E-state index contributed by atoms with van der Waals surface area (Å²) in [5.74, 6) is 3.98.